The molecule has 0 unspecified atom stereocenters. The average Bonchev–Trinajstić information content (AvgIpc) is 2.36. The minimum atomic E-state index is -4.12. The highest BCUT2D eigenvalue weighted by atomic mass is 79.9. The lowest BCUT2D eigenvalue weighted by Gasteiger charge is -2.11. The molecule has 0 spiro atoms. The summed E-state index contributed by atoms with van der Waals surface area (Å²) < 4.78 is 40.8. The first-order valence-electron chi connectivity index (χ1n) is 5.32. The maximum absolute atomic E-state index is 13.6. The second-order valence-corrected chi connectivity index (χ2v) is 6.89. The van der Waals surface area contributed by atoms with Gasteiger partial charge in [0.2, 0.25) is 0 Å². The minimum absolute atomic E-state index is 0.142. The molecule has 20 heavy (non-hydrogen) atoms. The number of hydrogen-bond acceptors (Lipinski definition) is 3. The first-order chi connectivity index (χ1) is 9.29. The van der Waals surface area contributed by atoms with Crippen LogP contribution in [-0.2, 0) is 10.0 Å². The van der Waals surface area contributed by atoms with Crippen LogP contribution in [-0.4, -0.2) is 8.42 Å². The highest BCUT2D eigenvalue weighted by Crippen LogP contribution is 2.28. The fourth-order valence-electron chi connectivity index (χ4n) is 1.50. The number of hydrogen-bond donors (Lipinski definition) is 2. The van der Waals surface area contributed by atoms with E-state index in [0.29, 0.717) is 4.47 Å². The third-order valence-corrected chi connectivity index (χ3v) is 4.62. The Morgan fingerprint density at radius 2 is 1.90 bits per heavy atom. The first kappa shape index (κ1) is 15.1. The predicted octanol–water partition coefficient (Wildman–Crippen LogP) is 3.62. The van der Waals surface area contributed by atoms with Crippen LogP contribution in [0.4, 0.5) is 15.8 Å². The van der Waals surface area contributed by atoms with Crippen molar-refractivity contribution >= 4 is 48.9 Å². The van der Waals surface area contributed by atoms with Crippen molar-refractivity contribution in [3.63, 3.8) is 0 Å². The van der Waals surface area contributed by atoms with E-state index >= 15 is 0 Å². The molecule has 0 bridgehead atoms. The van der Waals surface area contributed by atoms with Gasteiger partial charge in [0, 0.05) is 10.2 Å². The van der Waals surface area contributed by atoms with Crippen LogP contribution in [0.1, 0.15) is 0 Å². The van der Waals surface area contributed by atoms with Gasteiger partial charge in [-0.25, -0.2) is 12.8 Å². The molecular weight excluding hydrogens is 371 g/mol. The molecule has 0 saturated carbocycles. The molecule has 3 N–H and O–H groups in total. The summed E-state index contributed by atoms with van der Waals surface area (Å²) in [5.74, 6) is -0.891. The maximum Gasteiger partial charge on any atom is 0.264 e. The van der Waals surface area contributed by atoms with Crippen molar-refractivity contribution in [3.05, 3.63) is 51.7 Å². The van der Waals surface area contributed by atoms with Gasteiger partial charge in [0.05, 0.1) is 10.7 Å². The largest absolute Gasteiger partial charge is 0.399 e. The van der Waals surface area contributed by atoms with Crippen molar-refractivity contribution in [2.45, 2.75) is 4.90 Å². The van der Waals surface area contributed by atoms with E-state index in [2.05, 4.69) is 20.7 Å². The molecule has 2 aromatic rings. The number of nitrogen functional groups attached to an aromatic ring is 1. The molecule has 2 rings (SSSR count). The number of nitrogens with one attached hydrogen (secondary N) is 1. The second kappa shape index (κ2) is 5.59. The zero-order valence-corrected chi connectivity index (χ0v) is 13.1. The Kier molecular flexibility index (Phi) is 4.22. The molecule has 0 saturated heterocycles. The number of halogens is 3. The minimum Gasteiger partial charge on any atom is -0.399 e. The van der Waals surface area contributed by atoms with Gasteiger partial charge < -0.3 is 5.73 Å². The molecule has 0 aliphatic heterocycles. The van der Waals surface area contributed by atoms with Gasteiger partial charge in [-0.05, 0) is 36.4 Å². The van der Waals surface area contributed by atoms with Gasteiger partial charge in [-0.2, -0.15) is 0 Å². The molecule has 0 aliphatic rings. The van der Waals surface area contributed by atoms with E-state index in [1.54, 1.807) is 6.07 Å². The Morgan fingerprint density at radius 1 is 1.20 bits per heavy atom. The molecule has 0 aliphatic carbocycles. The molecule has 0 aromatic heterocycles. The average molecular weight is 380 g/mol. The topological polar surface area (TPSA) is 72.2 Å². The van der Waals surface area contributed by atoms with Gasteiger partial charge in [-0.3, -0.25) is 4.72 Å². The lowest BCUT2D eigenvalue weighted by molar-refractivity contribution is 0.570. The Morgan fingerprint density at radius 3 is 2.60 bits per heavy atom. The normalized spacial score (nSPS) is 11.3. The SMILES string of the molecule is Nc1ccc(F)c(S(=O)(=O)Nc2cc(Br)ccc2Cl)c1. The summed E-state index contributed by atoms with van der Waals surface area (Å²) in [6.07, 6.45) is 0. The molecule has 0 fully saturated rings. The van der Waals surface area contributed by atoms with E-state index in [1.165, 1.54) is 18.2 Å². The zero-order valence-electron chi connectivity index (χ0n) is 9.90. The van der Waals surface area contributed by atoms with Crippen LogP contribution in [0.3, 0.4) is 0 Å². The van der Waals surface area contributed by atoms with Crippen molar-refractivity contribution in [1.29, 1.82) is 0 Å². The molecule has 0 amide bonds. The van der Waals surface area contributed by atoms with Gasteiger partial charge in [0.1, 0.15) is 10.7 Å². The summed E-state index contributed by atoms with van der Waals surface area (Å²) in [5.41, 5.74) is 5.77. The summed E-state index contributed by atoms with van der Waals surface area (Å²) >= 11 is 9.09. The second-order valence-electron chi connectivity index (χ2n) is 3.92. The molecule has 0 heterocycles. The number of anilines is 2. The van der Waals surface area contributed by atoms with Gasteiger partial charge in [-0.1, -0.05) is 27.5 Å². The van der Waals surface area contributed by atoms with E-state index in [4.69, 9.17) is 17.3 Å². The Balaban J connectivity index is 2.46. The van der Waals surface area contributed by atoms with Crippen LogP contribution in [0.15, 0.2) is 45.8 Å². The lowest BCUT2D eigenvalue weighted by Crippen LogP contribution is -2.15. The predicted molar refractivity (Wildman–Crippen MR) is 80.8 cm³/mol. The van der Waals surface area contributed by atoms with Crippen molar-refractivity contribution in [1.82, 2.24) is 0 Å². The van der Waals surface area contributed by atoms with Gasteiger partial charge in [0.25, 0.3) is 10.0 Å². The molecule has 8 heteroatoms. The van der Waals surface area contributed by atoms with Crippen molar-refractivity contribution in [2.75, 3.05) is 10.5 Å². The monoisotopic (exact) mass is 378 g/mol. The van der Waals surface area contributed by atoms with Crippen LogP contribution in [0.25, 0.3) is 0 Å². The number of sulfonamides is 1. The van der Waals surface area contributed by atoms with E-state index in [9.17, 15) is 12.8 Å². The Bertz CT molecular complexity index is 768. The van der Waals surface area contributed by atoms with Crippen LogP contribution >= 0.6 is 27.5 Å². The van der Waals surface area contributed by atoms with Crippen LogP contribution in [0, 0.1) is 5.82 Å². The number of benzene rings is 2. The molecule has 2 aromatic carbocycles. The van der Waals surface area contributed by atoms with E-state index in [-0.39, 0.29) is 16.4 Å². The highest BCUT2D eigenvalue weighted by Gasteiger charge is 2.20. The summed E-state index contributed by atoms with van der Waals surface area (Å²) in [5, 5.41) is 0.195. The smallest absolute Gasteiger partial charge is 0.264 e. The van der Waals surface area contributed by atoms with Gasteiger partial charge >= 0.3 is 0 Å². The number of nitrogens with two attached hydrogens (primary N) is 1. The third-order valence-electron chi connectivity index (χ3n) is 2.42. The number of rotatable bonds is 3. The molecule has 4 nitrogen and oxygen atoms in total. The molecule has 0 atom stereocenters. The fourth-order valence-corrected chi connectivity index (χ4v) is 3.27. The molecular formula is C12H9BrClFN2O2S. The Labute approximate surface area is 128 Å². The zero-order chi connectivity index (χ0) is 14.9. The van der Waals surface area contributed by atoms with Crippen LogP contribution < -0.4 is 10.5 Å². The van der Waals surface area contributed by atoms with E-state index in [1.807, 2.05) is 0 Å². The molecule has 0 radical (unpaired) electrons. The summed E-state index contributed by atoms with van der Waals surface area (Å²) in [4.78, 5) is -0.534. The summed E-state index contributed by atoms with van der Waals surface area (Å²) in [6, 6.07) is 7.96. The maximum atomic E-state index is 13.6. The summed E-state index contributed by atoms with van der Waals surface area (Å²) in [6.45, 7) is 0. The van der Waals surface area contributed by atoms with Crippen LogP contribution in [0.5, 0.6) is 0 Å². The van der Waals surface area contributed by atoms with E-state index in [0.717, 1.165) is 12.1 Å². The Hall–Kier alpha value is -1.31. The van der Waals surface area contributed by atoms with Crippen molar-refractivity contribution < 1.29 is 12.8 Å². The molecule has 106 valence electrons. The van der Waals surface area contributed by atoms with Gasteiger partial charge in [-0.15, -0.1) is 0 Å². The third kappa shape index (κ3) is 3.23. The fraction of sp³-hybridized carbons (Fsp3) is 0. The quantitative estimate of drug-likeness (QED) is 0.800. The van der Waals surface area contributed by atoms with Crippen molar-refractivity contribution in [2.24, 2.45) is 0 Å². The van der Waals surface area contributed by atoms with Crippen LogP contribution in [0.2, 0.25) is 5.02 Å². The standard InChI is InChI=1S/C12H9BrClFN2O2S/c13-7-1-3-9(14)11(5-7)17-20(18,19)12-6-8(16)2-4-10(12)15/h1-6,17H,16H2. The lowest BCUT2D eigenvalue weighted by atomic mass is 10.3. The highest BCUT2D eigenvalue weighted by molar-refractivity contribution is 9.10. The first-order valence-corrected chi connectivity index (χ1v) is 7.98. The van der Waals surface area contributed by atoms with Gasteiger partial charge in [0.15, 0.2) is 0 Å². The summed E-state index contributed by atoms with van der Waals surface area (Å²) in [7, 11) is -4.12. The van der Waals surface area contributed by atoms with Crippen molar-refractivity contribution in [3.8, 4) is 0 Å². The van der Waals surface area contributed by atoms with E-state index < -0.39 is 20.7 Å².